The normalized spacial score (nSPS) is 18.9. The van der Waals surface area contributed by atoms with Crippen LogP contribution in [0.4, 0.5) is 10.1 Å². The highest BCUT2D eigenvalue weighted by Gasteiger charge is 2.25. The van der Waals surface area contributed by atoms with E-state index < -0.39 is 22.3 Å². The van der Waals surface area contributed by atoms with Gasteiger partial charge in [0.1, 0.15) is 11.4 Å². The molecular weight excluding hydrogens is 313 g/mol. The molecule has 1 aliphatic heterocycles. The highest BCUT2D eigenvalue weighted by atomic mass is 35.5. The Morgan fingerprint density at radius 2 is 2.27 bits per heavy atom. The van der Waals surface area contributed by atoms with E-state index in [9.17, 15) is 19.3 Å². The van der Waals surface area contributed by atoms with E-state index in [4.69, 9.17) is 0 Å². The maximum atomic E-state index is 13.1. The topological polar surface area (TPSA) is 84.3 Å². The zero-order valence-electron chi connectivity index (χ0n) is 12.2. The standard InChI is InChI=1S/C14H18FN3O3.ClH/c1-9(10-3-2-6-16-8-10)17-14(19)12-5-4-11(15)7-13(12)18(20)21;/h4-5,7,9-10,16H,2-3,6,8H2,1H3,(H,17,19);1H. The van der Waals surface area contributed by atoms with E-state index in [0.29, 0.717) is 5.92 Å². The highest BCUT2D eigenvalue weighted by molar-refractivity contribution is 5.98. The Labute approximate surface area is 134 Å². The number of nitro groups is 1. The van der Waals surface area contributed by atoms with Crippen LogP contribution in [0.1, 0.15) is 30.1 Å². The van der Waals surface area contributed by atoms with Crippen molar-refractivity contribution < 1.29 is 14.1 Å². The van der Waals surface area contributed by atoms with Crippen LogP contribution >= 0.6 is 12.4 Å². The lowest BCUT2D eigenvalue weighted by atomic mass is 9.92. The van der Waals surface area contributed by atoms with Gasteiger partial charge in [0.05, 0.1) is 11.0 Å². The first kappa shape index (κ1) is 18.3. The van der Waals surface area contributed by atoms with Gasteiger partial charge in [-0.3, -0.25) is 14.9 Å². The SMILES string of the molecule is CC(NC(=O)c1ccc(F)cc1[N+](=O)[O-])C1CCCNC1.Cl. The molecule has 1 saturated heterocycles. The first-order valence-corrected chi connectivity index (χ1v) is 6.94. The van der Waals surface area contributed by atoms with E-state index in [1.165, 1.54) is 0 Å². The minimum atomic E-state index is -0.745. The van der Waals surface area contributed by atoms with Crippen molar-refractivity contribution in [3.05, 3.63) is 39.7 Å². The maximum absolute atomic E-state index is 13.1. The van der Waals surface area contributed by atoms with E-state index in [1.807, 2.05) is 6.92 Å². The molecule has 0 aromatic heterocycles. The molecule has 0 radical (unpaired) electrons. The predicted octanol–water partition coefficient (Wildman–Crippen LogP) is 2.27. The van der Waals surface area contributed by atoms with Gasteiger partial charge in [-0.25, -0.2) is 4.39 Å². The fourth-order valence-corrected chi connectivity index (χ4v) is 2.56. The molecule has 1 heterocycles. The first-order chi connectivity index (χ1) is 9.99. The van der Waals surface area contributed by atoms with Crippen molar-refractivity contribution in [1.29, 1.82) is 0 Å². The van der Waals surface area contributed by atoms with Gasteiger partial charge in [-0.2, -0.15) is 0 Å². The van der Waals surface area contributed by atoms with Gasteiger partial charge in [-0.15, -0.1) is 12.4 Å². The van der Waals surface area contributed by atoms with Crippen LogP contribution in [-0.2, 0) is 0 Å². The summed E-state index contributed by atoms with van der Waals surface area (Å²) in [5, 5.41) is 16.9. The van der Waals surface area contributed by atoms with Crippen LogP contribution in [0.2, 0.25) is 0 Å². The van der Waals surface area contributed by atoms with E-state index in [1.54, 1.807) is 0 Å². The summed E-state index contributed by atoms with van der Waals surface area (Å²) in [6, 6.07) is 2.86. The average Bonchev–Trinajstić information content (AvgIpc) is 2.47. The summed E-state index contributed by atoms with van der Waals surface area (Å²) >= 11 is 0. The molecule has 6 nitrogen and oxygen atoms in total. The van der Waals surface area contributed by atoms with Crippen LogP contribution < -0.4 is 10.6 Å². The van der Waals surface area contributed by atoms with Gasteiger partial charge >= 0.3 is 0 Å². The van der Waals surface area contributed by atoms with Crippen molar-refractivity contribution in [1.82, 2.24) is 10.6 Å². The van der Waals surface area contributed by atoms with Crippen molar-refractivity contribution in [2.75, 3.05) is 13.1 Å². The highest BCUT2D eigenvalue weighted by Crippen LogP contribution is 2.21. The minimum Gasteiger partial charge on any atom is -0.349 e. The summed E-state index contributed by atoms with van der Waals surface area (Å²) < 4.78 is 13.1. The summed E-state index contributed by atoms with van der Waals surface area (Å²) in [4.78, 5) is 22.3. The number of carbonyl (C=O) groups excluding carboxylic acids is 1. The Bertz CT molecular complexity index is 550. The third-order valence-electron chi connectivity index (χ3n) is 3.80. The molecule has 8 heteroatoms. The first-order valence-electron chi connectivity index (χ1n) is 6.94. The van der Waals surface area contributed by atoms with Gasteiger partial charge in [0.25, 0.3) is 11.6 Å². The summed E-state index contributed by atoms with van der Waals surface area (Å²) in [7, 11) is 0. The molecule has 1 amide bonds. The predicted molar refractivity (Wildman–Crippen MR) is 82.8 cm³/mol. The van der Waals surface area contributed by atoms with E-state index in [-0.39, 0.29) is 24.0 Å². The summed E-state index contributed by atoms with van der Waals surface area (Å²) in [6.45, 7) is 3.67. The second-order valence-electron chi connectivity index (χ2n) is 5.29. The zero-order chi connectivity index (χ0) is 15.4. The molecule has 22 heavy (non-hydrogen) atoms. The van der Waals surface area contributed by atoms with E-state index >= 15 is 0 Å². The molecule has 0 bridgehead atoms. The molecular formula is C14H19ClFN3O3. The molecule has 0 saturated carbocycles. The lowest BCUT2D eigenvalue weighted by Crippen LogP contribution is -2.44. The fraction of sp³-hybridized carbons (Fsp3) is 0.500. The number of benzene rings is 1. The second-order valence-corrected chi connectivity index (χ2v) is 5.29. The van der Waals surface area contributed by atoms with Crippen LogP contribution in [0, 0.1) is 21.8 Å². The molecule has 2 atom stereocenters. The number of amides is 1. The zero-order valence-corrected chi connectivity index (χ0v) is 13.0. The summed E-state index contributed by atoms with van der Waals surface area (Å²) in [5.74, 6) is -0.982. The number of hydrogen-bond acceptors (Lipinski definition) is 4. The van der Waals surface area contributed by atoms with Crippen LogP contribution in [0.3, 0.4) is 0 Å². The minimum absolute atomic E-state index is 0. The van der Waals surface area contributed by atoms with Crippen LogP contribution in [0.5, 0.6) is 0 Å². The van der Waals surface area contributed by atoms with Gasteiger partial charge in [-0.05, 0) is 50.9 Å². The molecule has 2 N–H and O–H groups in total. The van der Waals surface area contributed by atoms with Crippen LogP contribution in [0.15, 0.2) is 18.2 Å². The van der Waals surface area contributed by atoms with Gasteiger partial charge in [0.15, 0.2) is 0 Å². The Morgan fingerprint density at radius 3 is 2.86 bits per heavy atom. The summed E-state index contributed by atoms with van der Waals surface area (Å²) in [6.07, 6.45) is 2.04. The van der Waals surface area contributed by atoms with Gasteiger partial charge in [0.2, 0.25) is 0 Å². The number of nitro benzene ring substituents is 1. The van der Waals surface area contributed by atoms with Gasteiger partial charge in [-0.1, -0.05) is 0 Å². The van der Waals surface area contributed by atoms with Crippen LogP contribution in [-0.4, -0.2) is 30.0 Å². The fourth-order valence-electron chi connectivity index (χ4n) is 2.56. The molecule has 122 valence electrons. The van der Waals surface area contributed by atoms with Crippen LogP contribution in [0.25, 0.3) is 0 Å². The average molecular weight is 332 g/mol. The molecule has 0 aliphatic carbocycles. The molecule has 1 aromatic carbocycles. The maximum Gasteiger partial charge on any atom is 0.285 e. The number of nitrogens with zero attached hydrogens (tertiary/aromatic N) is 1. The molecule has 1 fully saturated rings. The van der Waals surface area contributed by atoms with Gasteiger partial charge < -0.3 is 10.6 Å². The Balaban J connectivity index is 0.00000242. The van der Waals surface area contributed by atoms with Crippen molar-refractivity contribution in [2.24, 2.45) is 5.92 Å². The Kier molecular flexibility index (Phi) is 6.70. The van der Waals surface area contributed by atoms with Crippen molar-refractivity contribution >= 4 is 24.0 Å². The van der Waals surface area contributed by atoms with E-state index in [2.05, 4.69) is 10.6 Å². The largest absolute Gasteiger partial charge is 0.349 e. The number of carbonyl (C=O) groups is 1. The molecule has 1 aromatic rings. The van der Waals surface area contributed by atoms with Crippen molar-refractivity contribution in [2.45, 2.75) is 25.8 Å². The van der Waals surface area contributed by atoms with E-state index in [0.717, 1.165) is 44.1 Å². The quantitative estimate of drug-likeness (QED) is 0.655. The second kappa shape index (κ2) is 8.05. The van der Waals surface area contributed by atoms with Crippen molar-refractivity contribution in [3.8, 4) is 0 Å². The molecule has 2 unspecified atom stereocenters. The molecule has 2 rings (SSSR count). The smallest absolute Gasteiger partial charge is 0.285 e. The Morgan fingerprint density at radius 1 is 1.55 bits per heavy atom. The number of halogens is 2. The monoisotopic (exact) mass is 331 g/mol. The Hall–Kier alpha value is -1.73. The lowest BCUT2D eigenvalue weighted by Gasteiger charge is -2.28. The molecule has 1 aliphatic rings. The summed E-state index contributed by atoms with van der Waals surface area (Å²) in [5.41, 5.74) is -0.626. The third kappa shape index (κ3) is 4.38. The lowest BCUT2D eigenvalue weighted by molar-refractivity contribution is -0.385. The number of piperidine rings is 1. The number of rotatable bonds is 4. The molecule has 0 spiro atoms. The number of hydrogen-bond donors (Lipinski definition) is 2. The number of nitrogens with one attached hydrogen (secondary N) is 2. The van der Waals surface area contributed by atoms with Crippen molar-refractivity contribution in [3.63, 3.8) is 0 Å². The third-order valence-corrected chi connectivity index (χ3v) is 3.80. The van der Waals surface area contributed by atoms with Gasteiger partial charge in [0, 0.05) is 6.04 Å².